The van der Waals surface area contributed by atoms with Crippen molar-refractivity contribution < 1.29 is 4.39 Å². The van der Waals surface area contributed by atoms with Crippen LogP contribution < -0.4 is 5.32 Å². The smallest absolute Gasteiger partial charge is 0.142 e. The van der Waals surface area contributed by atoms with Crippen LogP contribution in [-0.4, -0.2) is 16.3 Å². The average molecular weight is 296 g/mol. The van der Waals surface area contributed by atoms with E-state index in [0.717, 1.165) is 30.6 Å². The van der Waals surface area contributed by atoms with E-state index in [2.05, 4.69) is 17.3 Å². The van der Waals surface area contributed by atoms with Crippen LogP contribution >= 0.6 is 11.6 Å². The second-order valence-corrected chi connectivity index (χ2v) is 5.11. The summed E-state index contributed by atoms with van der Waals surface area (Å²) in [6, 6.07) is 4.84. The van der Waals surface area contributed by atoms with Gasteiger partial charge in [-0.05, 0) is 30.7 Å². The molecule has 0 bridgehead atoms. The molecular weight excluding hydrogens is 277 g/mol. The van der Waals surface area contributed by atoms with Crippen LogP contribution in [0, 0.1) is 5.82 Å². The summed E-state index contributed by atoms with van der Waals surface area (Å²) in [5.74, 6) is -0.395. The first-order valence-corrected chi connectivity index (χ1v) is 7.24. The molecule has 108 valence electrons. The van der Waals surface area contributed by atoms with Gasteiger partial charge >= 0.3 is 0 Å². The van der Waals surface area contributed by atoms with Gasteiger partial charge in [-0.3, -0.25) is 4.68 Å². The number of aromatic nitrogens is 2. The zero-order chi connectivity index (χ0) is 14.5. The molecule has 0 aliphatic carbocycles. The molecule has 20 heavy (non-hydrogen) atoms. The van der Waals surface area contributed by atoms with E-state index in [1.54, 1.807) is 6.07 Å². The summed E-state index contributed by atoms with van der Waals surface area (Å²) >= 11 is 5.74. The lowest BCUT2D eigenvalue weighted by Gasteiger charge is -2.17. The van der Waals surface area contributed by atoms with Crippen LogP contribution in [-0.2, 0) is 6.54 Å². The predicted octanol–water partition coefficient (Wildman–Crippen LogP) is 3.78. The van der Waals surface area contributed by atoms with Crippen LogP contribution in [0.2, 0.25) is 5.02 Å². The van der Waals surface area contributed by atoms with Gasteiger partial charge in [-0.15, -0.1) is 0 Å². The first-order valence-electron chi connectivity index (χ1n) is 6.86. The van der Waals surface area contributed by atoms with Crippen molar-refractivity contribution in [2.45, 2.75) is 32.9 Å². The number of aryl methyl sites for hydroxylation is 1. The minimum absolute atomic E-state index is 0.0719. The van der Waals surface area contributed by atoms with Gasteiger partial charge in [-0.25, -0.2) is 4.39 Å². The third-order valence-corrected chi connectivity index (χ3v) is 3.43. The first-order chi connectivity index (χ1) is 9.65. The summed E-state index contributed by atoms with van der Waals surface area (Å²) < 4.78 is 15.5. The first kappa shape index (κ1) is 15.0. The molecule has 3 nitrogen and oxygen atoms in total. The molecule has 0 aliphatic heterocycles. The zero-order valence-corrected chi connectivity index (χ0v) is 12.5. The van der Waals surface area contributed by atoms with E-state index < -0.39 is 5.82 Å². The van der Waals surface area contributed by atoms with Crippen LogP contribution in [0.3, 0.4) is 0 Å². The van der Waals surface area contributed by atoms with Crippen LogP contribution in [0.4, 0.5) is 4.39 Å². The topological polar surface area (TPSA) is 29.9 Å². The highest BCUT2D eigenvalue weighted by atomic mass is 35.5. The normalized spacial score (nSPS) is 12.6. The Morgan fingerprint density at radius 3 is 2.80 bits per heavy atom. The molecule has 0 fully saturated rings. The zero-order valence-electron chi connectivity index (χ0n) is 11.7. The van der Waals surface area contributed by atoms with Crippen LogP contribution in [0.1, 0.15) is 37.4 Å². The molecule has 0 aliphatic rings. The molecule has 1 aromatic carbocycles. The number of rotatable bonds is 6. The summed E-state index contributed by atoms with van der Waals surface area (Å²) in [7, 11) is 0. The molecule has 2 aromatic rings. The maximum absolute atomic E-state index is 13.6. The highest BCUT2D eigenvalue weighted by Gasteiger charge is 2.16. The Bertz CT molecular complexity index is 568. The van der Waals surface area contributed by atoms with Crippen LogP contribution in [0.15, 0.2) is 30.6 Å². The standard InChI is InChI=1S/C15H19ClFN3/c1-3-7-20-10-12(9-19-20)15(18-4-2)11-5-6-13(16)14(17)8-11/h5-6,8-10,15,18H,3-4,7H2,1-2H3. The molecule has 0 saturated carbocycles. The Morgan fingerprint density at radius 1 is 1.35 bits per heavy atom. The van der Waals surface area contributed by atoms with E-state index in [9.17, 15) is 4.39 Å². The summed E-state index contributed by atoms with van der Waals surface area (Å²) in [6.07, 6.45) is 4.86. The van der Waals surface area contributed by atoms with Gasteiger partial charge < -0.3 is 5.32 Å². The monoisotopic (exact) mass is 295 g/mol. The SMILES string of the molecule is CCCn1cc(C(NCC)c2ccc(Cl)c(F)c2)cn1. The Morgan fingerprint density at radius 2 is 2.15 bits per heavy atom. The summed E-state index contributed by atoms with van der Waals surface area (Å²) in [5.41, 5.74) is 1.88. The predicted molar refractivity (Wildman–Crippen MR) is 79.4 cm³/mol. The van der Waals surface area contributed by atoms with Gasteiger partial charge in [0.2, 0.25) is 0 Å². The van der Waals surface area contributed by atoms with Crippen molar-refractivity contribution in [3.05, 3.63) is 52.6 Å². The van der Waals surface area contributed by atoms with E-state index in [0.29, 0.717) is 0 Å². The number of hydrogen-bond acceptors (Lipinski definition) is 2. The van der Waals surface area contributed by atoms with E-state index in [1.165, 1.54) is 6.07 Å². The van der Waals surface area contributed by atoms with Gasteiger partial charge in [0.15, 0.2) is 0 Å². The summed E-state index contributed by atoms with van der Waals surface area (Å²) in [4.78, 5) is 0. The maximum Gasteiger partial charge on any atom is 0.142 e. The van der Waals surface area contributed by atoms with E-state index >= 15 is 0 Å². The lowest BCUT2D eigenvalue weighted by Crippen LogP contribution is -2.21. The van der Waals surface area contributed by atoms with Crippen molar-refractivity contribution in [2.24, 2.45) is 0 Å². The minimum atomic E-state index is -0.395. The highest BCUT2D eigenvalue weighted by molar-refractivity contribution is 6.30. The highest BCUT2D eigenvalue weighted by Crippen LogP contribution is 2.25. The lowest BCUT2D eigenvalue weighted by atomic mass is 10.0. The van der Waals surface area contributed by atoms with Crippen molar-refractivity contribution in [1.82, 2.24) is 15.1 Å². The van der Waals surface area contributed by atoms with E-state index in [4.69, 9.17) is 11.6 Å². The molecular formula is C15H19ClFN3. The fourth-order valence-electron chi connectivity index (χ4n) is 2.20. The van der Waals surface area contributed by atoms with Gasteiger partial charge in [0.1, 0.15) is 5.82 Å². The van der Waals surface area contributed by atoms with Gasteiger partial charge in [-0.1, -0.05) is 31.5 Å². The average Bonchev–Trinajstić information content (AvgIpc) is 2.88. The molecule has 0 saturated heterocycles. The van der Waals surface area contributed by atoms with Crippen molar-refractivity contribution in [3.8, 4) is 0 Å². The quantitative estimate of drug-likeness (QED) is 0.879. The summed E-state index contributed by atoms with van der Waals surface area (Å²) in [5, 5.41) is 7.83. The van der Waals surface area contributed by atoms with Crippen LogP contribution in [0.25, 0.3) is 0 Å². The second-order valence-electron chi connectivity index (χ2n) is 4.70. The van der Waals surface area contributed by atoms with Crippen molar-refractivity contribution >= 4 is 11.6 Å². The van der Waals surface area contributed by atoms with Gasteiger partial charge in [0, 0.05) is 18.3 Å². The molecule has 2 rings (SSSR count). The summed E-state index contributed by atoms with van der Waals surface area (Å²) in [6.45, 7) is 5.80. The number of hydrogen-bond donors (Lipinski definition) is 1. The fourth-order valence-corrected chi connectivity index (χ4v) is 2.32. The Kier molecular flexibility index (Phi) is 5.15. The maximum atomic E-state index is 13.6. The van der Waals surface area contributed by atoms with Gasteiger partial charge in [-0.2, -0.15) is 5.10 Å². The molecule has 1 unspecified atom stereocenters. The molecule has 0 spiro atoms. The molecule has 5 heteroatoms. The van der Waals surface area contributed by atoms with Gasteiger partial charge in [0.05, 0.1) is 17.3 Å². The third-order valence-electron chi connectivity index (χ3n) is 3.12. The second kappa shape index (κ2) is 6.86. The van der Waals surface area contributed by atoms with E-state index in [1.807, 2.05) is 30.1 Å². The molecule has 1 heterocycles. The Balaban J connectivity index is 2.31. The fraction of sp³-hybridized carbons (Fsp3) is 0.400. The Labute approximate surface area is 123 Å². The van der Waals surface area contributed by atoms with Gasteiger partial charge in [0.25, 0.3) is 0 Å². The van der Waals surface area contributed by atoms with Crippen LogP contribution in [0.5, 0.6) is 0 Å². The number of nitrogens with one attached hydrogen (secondary N) is 1. The Hall–Kier alpha value is -1.39. The van der Waals surface area contributed by atoms with Crippen molar-refractivity contribution in [1.29, 1.82) is 0 Å². The third kappa shape index (κ3) is 3.38. The molecule has 1 atom stereocenters. The molecule has 1 aromatic heterocycles. The number of benzene rings is 1. The minimum Gasteiger partial charge on any atom is -0.306 e. The van der Waals surface area contributed by atoms with E-state index in [-0.39, 0.29) is 11.1 Å². The molecule has 0 radical (unpaired) electrons. The number of halogens is 2. The molecule has 1 N–H and O–H groups in total. The number of nitrogens with zero attached hydrogens (tertiary/aromatic N) is 2. The largest absolute Gasteiger partial charge is 0.306 e. The van der Waals surface area contributed by atoms with Crippen molar-refractivity contribution in [2.75, 3.05) is 6.54 Å². The van der Waals surface area contributed by atoms with Crippen molar-refractivity contribution in [3.63, 3.8) is 0 Å². The lowest BCUT2D eigenvalue weighted by molar-refractivity contribution is 0.593. The molecule has 0 amide bonds.